The monoisotopic (exact) mass is 440 g/mol. The molecule has 0 aromatic heterocycles. The number of hydrogen-bond donors (Lipinski definition) is 1. The molecule has 0 fully saturated rings. The van der Waals surface area contributed by atoms with Crippen LogP contribution in [0.5, 0.6) is 0 Å². The number of carbonyl (C=O) groups is 1. The van der Waals surface area contributed by atoms with Gasteiger partial charge in [-0.25, -0.2) is 10.2 Å². The van der Waals surface area contributed by atoms with Crippen LogP contribution >= 0.6 is 11.6 Å². The summed E-state index contributed by atoms with van der Waals surface area (Å²) < 4.78 is 43.2. The number of nitrogens with one attached hydrogen (secondary N) is 1. The summed E-state index contributed by atoms with van der Waals surface area (Å²) in [5, 5.41) is 9.95. The van der Waals surface area contributed by atoms with Gasteiger partial charge in [-0.2, -0.15) is 23.4 Å². The zero-order valence-corrected chi connectivity index (χ0v) is 17.5. The molecule has 0 radical (unpaired) electrons. The van der Waals surface area contributed by atoms with E-state index in [1.165, 1.54) is 24.3 Å². The van der Waals surface area contributed by atoms with Crippen molar-refractivity contribution in [2.45, 2.75) is 20.0 Å². The van der Waals surface area contributed by atoms with Gasteiger partial charge in [-0.05, 0) is 49.2 Å². The minimum atomic E-state index is -4.43. The normalized spacial score (nSPS) is 12.5. The van der Waals surface area contributed by atoms with Crippen LogP contribution < -0.4 is 10.4 Å². The Balaban J connectivity index is 2.29. The van der Waals surface area contributed by atoms with Crippen molar-refractivity contribution in [2.24, 2.45) is 10.2 Å². The van der Waals surface area contributed by atoms with Crippen LogP contribution in [0.25, 0.3) is 0 Å². The number of hydrogen-bond acceptors (Lipinski definition) is 5. The Bertz CT molecular complexity index is 990. The van der Waals surface area contributed by atoms with E-state index in [9.17, 15) is 18.0 Å². The fraction of sp³-hybridized carbons (Fsp3) is 0.250. The van der Waals surface area contributed by atoms with Gasteiger partial charge in [-0.3, -0.25) is 5.01 Å². The van der Waals surface area contributed by atoms with Crippen molar-refractivity contribution in [1.29, 1.82) is 0 Å². The van der Waals surface area contributed by atoms with E-state index in [4.69, 9.17) is 11.6 Å². The van der Waals surface area contributed by atoms with Gasteiger partial charge in [-0.1, -0.05) is 29.8 Å². The third kappa shape index (κ3) is 5.96. The predicted octanol–water partition coefficient (Wildman–Crippen LogP) is 5.30. The molecule has 30 heavy (non-hydrogen) atoms. The van der Waals surface area contributed by atoms with Gasteiger partial charge < -0.3 is 4.74 Å². The second-order valence-electron chi connectivity index (χ2n) is 6.28. The Hall–Kier alpha value is -3.07. The number of methoxy groups -OCH3 is 1. The summed E-state index contributed by atoms with van der Waals surface area (Å²) in [5.41, 5.74) is 4.03. The smallest absolute Gasteiger partial charge is 0.425 e. The summed E-state index contributed by atoms with van der Waals surface area (Å²) in [5.74, 6) is 0. The average molecular weight is 441 g/mol. The van der Waals surface area contributed by atoms with E-state index in [1.807, 2.05) is 0 Å². The van der Waals surface area contributed by atoms with Crippen LogP contribution in [0.1, 0.15) is 30.5 Å². The topological polar surface area (TPSA) is 66.3 Å². The molecule has 0 unspecified atom stereocenters. The molecule has 2 rings (SSSR count). The maximum absolute atomic E-state index is 12.9. The first-order valence-corrected chi connectivity index (χ1v) is 9.05. The van der Waals surface area contributed by atoms with Gasteiger partial charge in [0.05, 0.1) is 34.8 Å². The molecule has 1 N–H and O–H groups in total. The number of rotatable bonds is 5. The zero-order valence-electron chi connectivity index (χ0n) is 16.7. The highest BCUT2D eigenvalue weighted by atomic mass is 35.5. The Morgan fingerprint density at radius 1 is 1.07 bits per heavy atom. The van der Waals surface area contributed by atoms with Crippen LogP contribution in [0, 0.1) is 0 Å². The van der Waals surface area contributed by atoms with E-state index in [1.54, 1.807) is 39.1 Å². The molecule has 0 spiro atoms. The molecule has 0 aliphatic carbocycles. The average Bonchev–Trinajstić information content (AvgIpc) is 2.71. The van der Waals surface area contributed by atoms with Crippen molar-refractivity contribution in [1.82, 2.24) is 5.43 Å². The van der Waals surface area contributed by atoms with Crippen LogP contribution in [0.4, 0.5) is 23.7 Å². The number of benzene rings is 2. The van der Waals surface area contributed by atoms with Gasteiger partial charge in [-0.15, -0.1) is 0 Å². The molecule has 0 atom stereocenters. The van der Waals surface area contributed by atoms with E-state index in [0.717, 1.165) is 12.1 Å². The van der Waals surface area contributed by atoms with Gasteiger partial charge in [0.25, 0.3) is 0 Å². The molecule has 2 aromatic carbocycles. The van der Waals surface area contributed by atoms with Gasteiger partial charge in [0.2, 0.25) is 0 Å². The molecule has 0 bridgehead atoms. The van der Waals surface area contributed by atoms with Crippen molar-refractivity contribution >= 4 is 34.8 Å². The molecule has 0 aliphatic heterocycles. The van der Waals surface area contributed by atoms with E-state index in [-0.39, 0.29) is 0 Å². The second kappa shape index (κ2) is 9.62. The molecule has 0 heterocycles. The van der Waals surface area contributed by atoms with Crippen molar-refractivity contribution in [2.75, 3.05) is 19.2 Å². The molecular weight excluding hydrogens is 421 g/mol. The maximum Gasteiger partial charge on any atom is 0.425 e. The van der Waals surface area contributed by atoms with Gasteiger partial charge in [0.15, 0.2) is 0 Å². The largest absolute Gasteiger partial charge is 0.452 e. The van der Waals surface area contributed by atoms with Crippen LogP contribution in [0.15, 0.2) is 52.7 Å². The number of anilines is 1. The van der Waals surface area contributed by atoms with Gasteiger partial charge >= 0.3 is 12.3 Å². The quantitative estimate of drug-likeness (QED) is 0.507. The molecule has 160 valence electrons. The molecule has 1 amide bonds. The van der Waals surface area contributed by atoms with Crippen LogP contribution in [-0.2, 0) is 10.9 Å². The molecule has 0 saturated carbocycles. The highest BCUT2D eigenvalue weighted by molar-refractivity contribution is 6.33. The minimum absolute atomic E-state index is 0.320. The van der Waals surface area contributed by atoms with Crippen LogP contribution in [-0.4, -0.2) is 31.7 Å². The highest BCUT2D eigenvalue weighted by Crippen LogP contribution is 2.30. The van der Waals surface area contributed by atoms with Gasteiger partial charge in [0, 0.05) is 7.05 Å². The third-order valence-electron chi connectivity index (χ3n) is 4.13. The number of halogens is 4. The Morgan fingerprint density at radius 2 is 1.67 bits per heavy atom. The number of hydrazine groups is 1. The number of ether oxygens (including phenoxy) is 1. The molecular formula is C20H20ClF3N4O2. The van der Waals surface area contributed by atoms with E-state index < -0.39 is 17.8 Å². The van der Waals surface area contributed by atoms with Gasteiger partial charge in [0.1, 0.15) is 0 Å². The summed E-state index contributed by atoms with van der Waals surface area (Å²) in [7, 11) is 2.83. The number of carbonyl (C=O) groups excluding carboxylic acids is 1. The SMILES string of the molecule is COC(=O)NN(C)c1cc(/C(C)=N/N=C(\C)c2cccc(C(F)(F)F)c2)ccc1Cl. The van der Waals surface area contributed by atoms with Crippen molar-refractivity contribution in [3.8, 4) is 0 Å². The summed E-state index contributed by atoms with van der Waals surface area (Å²) >= 11 is 6.19. The standard InChI is InChI=1S/C20H20ClF3N4O2/c1-12(14-6-5-7-16(10-14)20(22,23)24)25-26-13(2)15-8-9-17(21)18(11-15)28(3)27-19(29)30-4/h5-11H,1-4H3,(H,27,29)/b25-12+,26-13+. The summed E-state index contributed by atoms with van der Waals surface area (Å²) in [6, 6.07) is 9.91. The first kappa shape index (κ1) is 23.2. The fourth-order valence-corrected chi connectivity index (χ4v) is 2.67. The molecule has 10 heteroatoms. The first-order valence-electron chi connectivity index (χ1n) is 8.67. The lowest BCUT2D eigenvalue weighted by molar-refractivity contribution is -0.137. The fourth-order valence-electron chi connectivity index (χ4n) is 2.42. The van der Waals surface area contributed by atoms with Crippen molar-refractivity contribution < 1.29 is 22.7 Å². The lowest BCUT2D eigenvalue weighted by atomic mass is 10.1. The maximum atomic E-state index is 12.9. The Kier molecular flexibility index (Phi) is 7.44. The molecule has 0 saturated heterocycles. The molecule has 0 aliphatic rings. The highest BCUT2D eigenvalue weighted by Gasteiger charge is 2.30. The van der Waals surface area contributed by atoms with Crippen molar-refractivity contribution in [3.05, 3.63) is 64.2 Å². The number of amides is 1. The molecule has 2 aromatic rings. The predicted molar refractivity (Wildman–Crippen MR) is 111 cm³/mol. The second-order valence-corrected chi connectivity index (χ2v) is 6.69. The lowest BCUT2D eigenvalue weighted by Gasteiger charge is -2.21. The zero-order chi connectivity index (χ0) is 22.5. The Morgan fingerprint density at radius 3 is 2.23 bits per heavy atom. The first-order chi connectivity index (χ1) is 14.0. The number of nitrogens with zero attached hydrogens (tertiary/aromatic N) is 3. The number of alkyl halides is 3. The minimum Gasteiger partial charge on any atom is -0.452 e. The van der Waals surface area contributed by atoms with Crippen LogP contribution in [0.3, 0.4) is 0 Å². The summed E-state index contributed by atoms with van der Waals surface area (Å²) in [4.78, 5) is 11.4. The lowest BCUT2D eigenvalue weighted by Crippen LogP contribution is -2.39. The summed E-state index contributed by atoms with van der Waals surface area (Å²) in [6.07, 6.45) is -5.09. The Labute approximate surface area is 177 Å². The van der Waals surface area contributed by atoms with Crippen molar-refractivity contribution in [3.63, 3.8) is 0 Å². The molecule has 6 nitrogen and oxygen atoms in total. The third-order valence-corrected chi connectivity index (χ3v) is 4.45. The van der Waals surface area contributed by atoms with E-state index >= 15 is 0 Å². The van der Waals surface area contributed by atoms with Crippen LogP contribution in [0.2, 0.25) is 5.02 Å². The van der Waals surface area contributed by atoms with E-state index in [2.05, 4.69) is 20.4 Å². The van der Waals surface area contributed by atoms with E-state index in [0.29, 0.717) is 33.3 Å². The summed E-state index contributed by atoms with van der Waals surface area (Å²) in [6.45, 7) is 3.28.